The Balaban J connectivity index is 1.84. The van der Waals surface area contributed by atoms with Gasteiger partial charge in [-0.3, -0.25) is 9.69 Å². The molecular weight excluding hydrogens is 370 g/mol. The third kappa shape index (κ3) is 3.68. The molecule has 6 nitrogen and oxygen atoms in total. The van der Waals surface area contributed by atoms with E-state index in [9.17, 15) is 9.90 Å². The number of phenols is 1. The van der Waals surface area contributed by atoms with Crippen molar-refractivity contribution in [3.05, 3.63) is 52.4 Å². The van der Waals surface area contributed by atoms with E-state index in [1.165, 1.54) is 19.8 Å². The maximum atomic E-state index is 13.3. The molecule has 0 bridgehead atoms. The van der Waals surface area contributed by atoms with Crippen LogP contribution in [-0.2, 0) is 6.54 Å². The SMILES string of the molecule is COc1ccc(-c2coc3c(CN4CCCCC4)c(O)c(OC)cc3c2=O)cc1. The lowest BCUT2D eigenvalue weighted by Crippen LogP contribution is -2.29. The molecule has 0 atom stereocenters. The Labute approximate surface area is 169 Å². The number of ether oxygens (including phenoxy) is 2. The van der Waals surface area contributed by atoms with Crippen LogP contribution in [0.1, 0.15) is 24.8 Å². The highest BCUT2D eigenvalue weighted by Crippen LogP contribution is 2.37. The molecule has 152 valence electrons. The smallest absolute Gasteiger partial charge is 0.200 e. The Morgan fingerprint density at radius 1 is 1.07 bits per heavy atom. The summed E-state index contributed by atoms with van der Waals surface area (Å²) in [5.74, 6) is 1.03. The molecule has 1 saturated heterocycles. The van der Waals surface area contributed by atoms with E-state index in [1.54, 1.807) is 25.3 Å². The summed E-state index contributed by atoms with van der Waals surface area (Å²) in [6.45, 7) is 2.45. The van der Waals surface area contributed by atoms with E-state index in [0.717, 1.165) is 31.5 Å². The number of piperidine rings is 1. The van der Waals surface area contributed by atoms with Crippen LogP contribution < -0.4 is 14.9 Å². The average molecular weight is 395 g/mol. The lowest BCUT2D eigenvalue weighted by atomic mass is 10.0. The predicted octanol–water partition coefficient (Wildman–Crippen LogP) is 4.17. The second-order valence-corrected chi connectivity index (χ2v) is 7.33. The van der Waals surface area contributed by atoms with Gasteiger partial charge in [0, 0.05) is 6.54 Å². The standard InChI is InChI=1S/C23H25NO5/c1-27-16-8-6-15(7-9-16)19-14-29-23-17(21(19)25)12-20(28-2)22(26)18(23)13-24-10-4-3-5-11-24/h6-9,12,14,26H,3-5,10-11,13H2,1-2H3. The van der Waals surface area contributed by atoms with Crippen LogP contribution in [0.3, 0.4) is 0 Å². The van der Waals surface area contributed by atoms with Crippen molar-refractivity contribution in [2.24, 2.45) is 0 Å². The number of methoxy groups -OCH3 is 2. The first kappa shape index (κ1) is 19.3. The van der Waals surface area contributed by atoms with E-state index >= 15 is 0 Å². The van der Waals surface area contributed by atoms with Gasteiger partial charge < -0.3 is 19.0 Å². The number of rotatable bonds is 5. The second-order valence-electron chi connectivity index (χ2n) is 7.33. The summed E-state index contributed by atoms with van der Waals surface area (Å²) >= 11 is 0. The normalized spacial score (nSPS) is 14.8. The first-order valence-electron chi connectivity index (χ1n) is 9.83. The van der Waals surface area contributed by atoms with Crippen LogP contribution in [0.15, 0.2) is 45.8 Å². The summed E-state index contributed by atoms with van der Waals surface area (Å²) in [7, 11) is 3.09. The average Bonchev–Trinajstić information content (AvgIpc) is 2.77. The summed E-state index contributed by atoms with van der Waals surface area (Å²) in [6, 6.07) is 8.81. The van der Waals surface area contributed by atoms with Crippen LogP contribution in [0.2, 0.25) is 0 Å². The first-order valence-corrected chi connectivity index (χ1v) is 9.83. The fourth-order valence-electron chi connectivity index (χ4n) is 3.92. The highest BCUT2D eigenvalue weighted by atomic mass is 16.5. The van der Waals surface area contributed by atoms with Crippen molar-refractivity contribution in [3.8, 4) is 28.4 Å². The van der Waals surface area contributed by atoms with Crippen molar-refractivity contribution >= 4 is 11.0 Å². The number of hydrogen-bond acceptors (Lipinski definition) is 6. The highest BCUT2D eigenvalue weighted by Gasteiger charge is 2.22. The second kappa shape index (κ2) is 8.17. The van der Waals surface area contributed by atoms with Crippen LogP contribution in [0.5, 0.6) is 17.2 Å². The minimum atomic E-state index is -0.158. The Morgan fingerprint density at radius 2 is 1.79 bits per heavy atom. The molecule has 1 aromatic heterocycles. The third-order valence-electron chi connectivity index (χ3n) is 5.55. The molecule has 0 saturated carbocycles. The Bertz CT molecular complexity index is 1070. The summed E-state index contributed by atoms with van der Waals surface area (Å²) in [5.41, 5.74) is 2.05. The Morgan fingerprint density at radius 3 is 2.45 bits per heavy atom. The number of benzene rings is 2. The largest absolute Gasteiger partial charge is 0.504 e. The summed E-state index contributed by atoms with van der Waals surface area (Å²) in [5, 5.41) is 11.1. The molecule has 29 heavy (non-hydrogen) atoms. The maximum absolute atomic E-state index is 13.3. The zero-order valence-corrected chi connectivity index (χ0v) is 16.7. The topological polar surface area (TPSA) is 72.1 Å². The van der Waals surface area contributed by atoms with E-state index in [4.69, 9.17) is 13.9 Å². The van der Waals surface area contributed by atoms with Gasteiger partial charge in [0.25, 0.3) is 0 Å². The van der Waals surface area contributed by atoms with Gasteiger partial charge in [-0.1, -0.05) is 18.6 Å². The molecule has 1 aliphatic rings. The van der Waals surface area contributed by atoms with Gasteiger partial charge in [0.15, 0.2) is 11.5 Å². The van der Waals surface area contributed by atoms with Crippen LogP contribution in [0.25, 0.3) is 22.1 Å². The fourth-order valence-corrected chi connectivity index (χ4v) is 3.92. The molecule has 4 rings (SSSR count). The minimum Gasteiger partial charge on any atom is -0.504 e. The van der Waals surface area contributed by atoms with Crippen LogP contribution >= 0.6 is 0 Å². The summed E-state index contributed by atoms with van der Waals surface area (Å²) < 4.78 is 16.4. The van der Waals surface area contributed by atoms with Crippen LogP contribution in [0.4, 0.5) is 0 Å². The molecule has 0 unspecified atom stereocenters. The zero-order valence-electron chi connectivity index (χ0n) is 16.7. The van der Waals surface area contributed by atoms with Gasteiger partial charge in [0.2, 0.25) is 5.43 Å². The van der Waals surface area contributed by atoms with E-state index in [1.807, 2.05) is 12.1 Å². The van der Waals surface area contributed by atoms with Crippen molar-refractivity contribution < 1.29 is 19.0 Å². The van der Waals surface area contributed by atoms with Gasteiger partial charge in [-0.05, 0) is 49.7 Å². The molecule has 2 aromatic carbocycles. The van der Waals surface area contributed by atoms with E-state index < -0.39 is 0 Å². The molecule has 0 amide bonds. The molecule has 1 aliphatic heterocycles. The maximum Gasteiger partial charge on any atom is 0.200 e. The molecule has 0 spiro atoms. The fraction of sp³-hybridized carbons (Fsp3) is 0.348. The van der Waals surface area contributed by atoms with Gasteiger partial charge in [-0.15, -0.1) is 0 Å². The highest BCUT2D eigenvalue weighted by molar-refractivity contribution is 5.87. The molecular formula is C23H25NO5. The molecule has 1 fully saturated rings. The molecule has 0 aliphatic carbocycles. The Kier molecular flexibility index (Phi) is 5.45. The number of fused-ring (bicyclic) bond motifs is 1. The number of likely N-dealkylation sites (tertiary alicyclic amines) is 1. The molecule has 1 N–H and O–H groups in total. The quantitative estimate of drug-likeness (QED) is 0.699. The third-order valence-corrected chi connectivity index (χ3v) is 5.55. The number of hydrogen-bond donors (Lipinski definition) is 1. The summed E-state index contributed by atoms with van der Waals surface area (Å²) in [6.07, 6.45) is 4.96. The molecule has 0 radical (unpaired) electrons. The minimum absolute atomic E-state index is 0.0333. The van der Waals surface area contributed by atoms with E-state index in [-0.39, 0.29) is 16.9 Å². The van der Waals surface area contributed by atoms with Gasteiger partial charge in [0.05, 0.1) is 30.7 Å². The van der Waals surface area contributed by atoms with Gasteiger partial charge in [0.1, 0.15) is 17.6 Å². The van der Waals surface area contributed by atoms with E-state index in [2.05, 4.69) is 4.90 Å². The van der Waals surface area contributed by atoms with Crippen LogP contribution in [0, 0.1) is 0 Å². The van der Waals surface area contributed by atoms with Crippen molar-refractivity contribution in [2.45, 2.75) is 25.8 Å². The van der Waals surface area contributed by atoms with Crippen molar-refractivity contribution in [2.75, 3.05) is 27.3 Å². The van der Waals surface area contributed by atoms with Crippen molar-refractivity contribution in [1.82, 2.24) is 4.90 Å². The lowest BCUT2D eigenvalue weighted by Gasteiger charge is -2.27. The number of nitrogens with zero attached hydrogens (tertiary/aromatic N) is 1. The Hall–Kier alpha value is -2.99. The summed E-state index contributed by atoms with van der Waals surface area (Å²) in [4.78, 5) is 15.5. The first-order chi connectivity index (χ1) is 14.1. The zero-order chi connectivity index (χ0) is 20.4. The van der Waals surface area contributed by atoms with Crippen molar-refractivity contribution in [3.63, 3.8) is 0 Å². The predicted molar refractivity (Wildman–Crippen MR) is 112 cm³/mol. The van der Waals surface area contributed by atoms with Gasteiger partial charge in [-0.2, -0.15) is 0 Å². The van der Waals surface area contributed by atoms with E-state index in [0.29, 0.717) is 34.4 Å². The van der Waals surface area contributed by atoms with Crippen LogP contribution in [-0.4, -0.2) is 37.3 Å². The number of aromatic hydroxyl groups is 1. The van der Waals surface area contributed by atoms with Crippen molar-refractivity contribution in [1.29, 1.82) is 0 Å². The molecule has 6 heteroatoms. The molecule has 2 heterocycles. The van der Waals surface area contributed by atoms with Gasteiger partial charge in [-0.25, -0.2) is 0 Å². The monoisotopic (exact) mass is 395 g/mol. The number of phenolic OH excluding ortho intramolecular Hbond substituents is 1. The lowest BCUT2D eigenvalue weighted by molar-refractivity contribution is 0.218. The molecule has 3 aromatic rings. The van der Waals surface area contributed by atoms with Gasteiger partial charge >= 0.3 is 0 Å².